The van der Waals surface area contributed by atoms with Gasteiger partial charge in [0.15, 0.2) is 5.13 Å². The van der Waals surface area contributed by atoms with Crippen molar-refractivity contribution in [2.24, 2.45) is 5.92 Å². The summed E-state index contributed by atoms with van der Waals surface area (Å²) in [5, 5.41) is 14.4. The van der Waals surface area contributed by atoms with Crippen LogP contribution in [-0.4, -0.2) is 46.6 Å². The van der Waals surface area contributed by atoms with Crippen LogP contribution >= 0.6 is 11.3 Å². The van der Waals surface area contributed by atoms with Crippen molar-refractivity contribution in [1.29, 1.82) is 0 Å². The molecule has 1 fully saturated rings. The van der Waals surface area contributed by atoms with Crippen LogP contribution in [0.15, 0.2) is 29.6 Å². The second-order valence-electron chi connectivity index (χ2n) is 6.04. The average molecular weight is 349 g/mol. The van der Waals surface area contributed by atoms with Gasteiger partial charge in [-0.15, -0.1) is 11.3 Å². The Bertz CT molecular complexity index is 704. The molecule has 7 heteroatoms. The third-order valence-electron chi connectivity index (χ3n) is 4.38. The number of hydrogen-bond acceptors (Lipinski definition) is 5. The highest BCUT2D eigenvalue weighted by molar-refractivity contribution is 7.14. The maximum absolute atomic E-state index is 13.0. The summed E-state index contributed by atoms with van der Waals surface area (Å²) in [6, 6.07) is 5.84. The van der Waals surface area contributed by atoms with Gasteiger partial charge in [-0.2, -0.15) is 0 Å². The number of carbonyl (C=O) groups is 1. The Kier molecular flexibility index (Phi) is 5.23. The van der Waals surface area contributed by atoms with Crippen molar-refractivity contribution in [3.05, 3.63) is 35.5 Å². The van der Waals surface area contributed by atoms with Crippen LogP contribution in [0.2, 0.25) is 0 Å². The zero-order valence-electron chi connectivity index (χ0n) is 13.4. The summed E-state index contributed by atoms with van der Waals surface area (Å²) in [5.41, 5.74) is 1.52. The zero-order valence-corrected chi connectivity index (χ0v) is 14.2. The highest BCUT2D eigenvalue weighted by atomic mass is 32.1. The van der Waals surface area contributed by atoms with E-state index in [4.69, 9.17) is 0 Å². The average Bonchev–Trinajstić information content (AvgIpc) is 3.24. The van der Waals surface area contributed by atoms with Crippen molar-refractivity contribution in [3.8, 4) is 11.3 Å². The quantitative estimate of drug-likeness (QED) is 0.871. The lowest BCUT2D eigenvalue weighted by Gasteiger charge is -2.22. The molecule has 2 unspecified atom stereocenters. The van der Waals surface area contributed by atoms with Crippen molar-refractivity contribution in [1.82, 2.24) is 9.88 Å². The highest BCUT2D eigenvalue weighted by Gasteiger charge is 2.29. The maximum Gasteiger partial charge on any atom is 0.243 e. The monoisotopic (exact) mass is 349 g/mol. The van der Waals surface area contributed by atoms with E-state index in [0.29, 0.717) is 10.8 Å². The van der Waals surface area contributed by atoms with E-state index in [1.54, 1.807) is 12.1 Å². The molecule has 1 aromatic carbocycles. The van der Waals surface area contributed by atoms with Gasteiger partial charge in [0.1, 0.15) is 5.82 Å². The van der Waals surface area contributed by atoms with Gasteiger partial charge in [-0.05, 0) is 50.1 Å². The molecule has 1 amide bonds. The van der Waals surface area contributed by atoms with Gasteiger partial charge >= 0.3 is 0 Å². The number of benzene rings is 1. The number of aromatic nitrogens is 1. The zero-order chi connectivity index (χ0) is 17.1. The molecule has 0 bridgehead atoms. The van der Waals surface area contributed by atoms with Gasteiger partial charge in [-0.25, -0.2) is 9.37 Å². The minimum atomic E-state index is -0.289. The Labute approximate surface area is 144 Å². The summed E-state index contributed by atoms with van der Waals surface area (Å²) in [6.45, 7) is 3.59. The fourth-order valence-electron chi connectivity index (χ4n) is 2.82. The molecule has 0 spiro atoms. The Morgan fingerprint density at radius 3 is 2.92 bits per heavy atom. The minimum Gasteiger partial charge on any atom is -0.396 e. The van der Waals surface area contributed by atoms with E-state index in [1.165, 1.54) is 23.5 Å². The number of halogens is 1. The van der Waals surface area contributed by atoms with E-state index < -0.39 is 0 Å². The largest absolute Gasteiger partial charge is 0.396 e. The van der Waals surface area contributed by atoms with Crippen molar-refractivity contribution in [2.45, 2.75) is 19.4 Å². The Morgan fingerprint density at radius 2 is 2.25 bits per heavy atom. The fraction of sp³-hybridized carbons (Fsp3) is 0.412. The third kappa shape index (κ3) is 3.80. The molecule has 0 saturated carbocycles. The first-order valence-electron chi connectivity index (χ1n) is 7.94. The molecule has 1 aliphatic heterocycles. The van der Waals surface area contributed by atoms with Crippen LogP contribution in [-0.2, 0) is 4.79 Å². The lowest BCUT2D eigenvalue weighted by atomic mass is 10.1. The van der Waals surface area contributed by atoms with E-state index in [0.717, 1.165) is 25.1 Å². The van der Waals surface area contributed by atoms with Gasteiger partial charge in [0.25, 0.3) is 0 Å². The third-order valence-corrected chi connectivity index (χ3v) is 5.13. The molecule has 1 aliphatic rings. The Hall–Kier alpha value is -1.83. The van der Waals surface area contributed by atoms with Crippen LogP contribution in [0.3, 0.4) is 0 Å². The molecular weight excluding hydrogens is 329 g/mol. The van der Waals surface area contributed by atoms with E-state index in [2.05, 4.69) is 15.2 Å². The van der Waals surface area contributed by atoms with E-state index in [-0.39, 0.29) is 30.3 Å². The normalized spacial score (nSPS) is 19.4. The second kappa shape index (κ2) is 7.38. The molecule has 1 saturated heterocycles. The standard InChI is InChI=1S/C17H20FN3O2S/c1-11(21-7-6-12(8-21)9-22)16(23)20-17-19-15(10-24-17)13-2-4-14(18)5-3-13/h2-5,10-12,22H,6-9H2,1H3,(H,19,20,23). The van der Waals surface area contributed by atoms with Gasteiger partial charge in [-0.1, -0.05) is 0 Å². The number of rotatable bonds is 5. The Morgan fingerprint density at radius 1 is 1.50 bits per heavy atom. The number of carbonyl (C=O) groups excluding carboxylic acids is 1. The van der Waals surface area contributed by atoms with Gasteiger partial charge in [0.05, 0.1) is 11.7 Å². The molecule has 128 valence electrons. The van der Waals surface area contributed by atoms with Crippen molar-refractivity contribution in [3.63, 3.8) is 0 Å². The Balaban J connectivity index is 1.62. The van der Waals surface area contributed by atoms with Crippen molar-refractivity contribution in [2.75, 3.05) is 25.0 Å². The van der Waals surface area contributed by atoms with Crippen LogP contribution in [0, 0.1) is 11.7 Å². The number of aliphatic hydroxyl groups is 1. The lowest BCUT2D eigenvalue weighted by Crippen LogP contribution is -2.40. The molecule has 3 rings (SSSR count). The van der Waals surface area contributed by atoms with Gasteiger partial charge in [0, 0.05) is 24.1 Å². The number of hydrogen-bond donors (Lipinski definition) is 2. The minimum absolute atomic E-state index is 0.103. The van der Waals surface area contributed by atoms with Gasteiger partial charge in [0.2, 0.25) is 5.91 Å². The number of likely N-dealkylation sites (tertiary alicyclic amines) is 1. The molecule has 2 aromatic rings. The summed E-state index contributed by atoms with van der Waals surface area (Å²) < 4.78 is 13.0. The first kappa shape index (κ1) is 17.0. The summed E-state index contributed by atoms with van der Waals surface area (Å²) in [4.78, 5) is 18.9. The number of amides is 1. The van der Waals surface area contributed by atoms with Crippen molar-refractivity contribution < 1.29 is 14.3 Å². The molecule has 2 N–H and O–H groups in total. The lowest BCUT2D eigenvalue weighted by molar-refractivity contribution is -0.120. The van der Waals surface area contributed by atoms with Crippen LogP contribution in [0.25, 0.3) is 11.3 Å². The fourth-order valence-corrected chi connectivity index (χ4v) is 3.55. The van der Waals surface area contributed by atoms with E-state index >= 15 is 0 Å². The van der Waals surface area contributed by atoms with Crippen LogP contribution in [0.5, 0.6) is 0 Å². The molecule has 5 nitrogen and oxygen atoms in total. The van der Waals surface area contributed by atoms with Crippen LogP contribution in [0.4, 0.5) is 9.52 Å². The summed E-state index contributed by atoms with van der Waals surface area (Å²) in [5.74, 6) is -0.137. The topological polar surface area (TPSA) is 65.5 Å². The molecule has 2 heterocycles. The molecule has 24 heavy (non-hydrogen) atoms. The molecular formula is C17H20FN3O2S. The predicted octanol–water partition coefficient (Wildman–Crippen LogP) is 2.59. The van der Waals surface area contributed by atoms with E-state index in [1.807, 2.05) is 12.3 Å². The molecule has 1 aromatic heterocycles. The van der Waals surface area contributed by atoms with Gasteiger partial charge in [-0.3, -0.25) is 9.69 Å². The number of nitrogens with one attached hydrogen (secondary N) is 1. The summed E-state index contributed by atoms with van der Waals surface area (Å²) in [6.07, 6.45) is 0.917. The number of anilines is 1. The molecule has 0 radical (unpaired) electrons. The van der Waals surface area contributed by atoms with Gasteiger partial charge < -0.3 is 10.4 Å². The first-order valence-corrected chi connectivity index (χ1v) is 8.82. The molecule has 2 atom stereocenters. The predicted molar refractivity (Wildman–Crippen MR) is 92.4 cm³/mol. The van der Waals surface area contributed by atoms with Crippen molar-refractivity contribution >= 4 is 22.4 Å². The van der Waals surface area contributed by atoms with Crippen LogP contribution < -0.4 is 5.32 Å². The highest BCUT2D eigenvalue weighted by Crippen LogP contribution is 2.25. The number of thiazole rings is 1. The SMILES string of the molecule is CC(C(=O)Nc1nc(-c2ccc(F)cc2)cs1)N1CCC(CO)C1. The first-order chi connectivity index (χ1) is 11.6. The summed E-state index contributed by atoms with van der Waals surface area (Å²) in [7, 11) is 0. The second-order valence-corrected chi connectivity index (χ2v) is 6.90. The smallest absolute Gasteiger partial charge is 0.243 e. The molecule has 0 aliphatic carbocycles. The maximum atomic E-state index is 13.0. The van der Waals surface area contributed by atoms with Crippen LogP contribution in [0.1, 0.15) is 13.3 Å². The summed E-state index contributed by atoms with van der Waals surface area (Å²) >= 11 is 1.35. The number of nitrogens with zero attached hydrogens (tertiary/aromatic N) is 2. The number of aliphatic hydroxyl groups excluding tert-OH is 1. The van der Waals surface area contributed by atoms with E-state index in [9.17, 15) is 14.3 Å².